The monoisotopic (exact) mass is 478 g/mol. The number of methoxy groups -OCH3 is 1. The highest BCUT2D eigenvalue weighted by molar-refractivity contribution is 6.31. The molecule has 1 saturated carbocycles. The second-order valence-electron chi connectivity index (χ2n) is 8.09. The van der Waals surface area contributed by atoms with Crippen molar-refractivity contribution in [3.8, 4) is 0 Å². The van der Waals surface area contributed by atoms with Gasteiger partial charge in [0.1, 0.15) is 23.4 Å². The van der Waals surface area contributed by atoms with Crippen molar-refractivity contribution >= 4 is 23.4 Å². The van der Waals surface area contributed by atoms with Crippen molar-refractivity contribution in [3.05, 3.63) is 75.5 Å². The van der Waals surface area contributed by atoms with Gasteiger partial charge in [-0.3, -0.25) is 4.99 Å². The first-order valence-corrected chi connectivity index (χ1v) is 10.9. The lowest BCUT2D eigenvalue weighted by atomic mass is 9.80. The van der Waals surface area contributed by atoms with Crippen LogP contribution in [0.3, 0.4) is 0 Å². The van der Waals surface area contributed by atoms with Crippen LogP contribution in [0.25, 0.3) is 0 Å². The number of esters is 1. The van der Waals surface area contributed by atoms with Gasteiger partial charge in [-0.2, -0.15) is 0 Å². The highest BCUT2D eigenvalue weighted by Crippen LogP contribution is 2.40. The number of nitrogens with two attached hydrogens (primary N) is 1. The van der Waals surface area contributed by atoms with Crippen LogP contribution in [-0.4, -0.2) is 29.9 Å². The number of hydrogen-bond donors (Lipinski definition) is 2. The predicted molar refractivity (Wildman–Crippen MR) is 117 cm³/mol. The third kappa shape index (κ3) is 4.74. The normalized spacial score (nSPS) is 23.1. The third-order valence-corrected chi connectivity index (χ3v) is 6.28. The first kappa shape index (κ1) is 23.3. The molecular weight excluding hydrogens is 457 g/mol. The van der Waals surface area contributed by atoms with Crippen LogP contribution in [0, 0.1) is 23.4 Å². The maximum atomic E-state index is 14.6. The van der Waals surface area contributed by atoms with Crippen molar-refractivity contribution in [2.24, 2.45) is 16.6 Å². The summed E-state index contributed by atoms with van der Waals surface area (Å²) in [5.74, 6) is -3.06. The van der Waals surface area contributed by atoms with Crippen LogP contribution in [0.2, 0.25) is 5.02 Å². The van der Waals surface area contributed by atoms with Crippen molar-refractivity contribution in [2.45, 2.75) is 37.8 Å². The first-order valence-electron chi connectivity index (χ1n) is 10.5. The number of carbonyl (C=O) groups is 1. The molecule has 0 saturated heterocycles. The zero-order chi connectivity index (χ0) is 23.7. The fraction of sp³-hybridized carbons (Fsp3) is 0.348. The minimum Gasteiger partial charge on any atom is -0.466 e. The van der Waals surface area contributed by atoms with Crippen LogP contribution in [0.15, 0.2) is 46.7 Å². The highest BCUT2D eigenvalue weighted by Gasteiger charge is 2.37. The predicted octanol–water partition coefficient (Wildman–Crippen LogP) is 4.19. The lowest BCUT2D eigenvalue weighted by Crippen LogP contribution is -2.39. The summed E-state index contributed by atoms with van der Waals surface area (Å²) in [7, 11) is 1.24. The van der Waals surface area contributed by atoms with Crippen molar-refractivity contribution in [1.82, 2.24) is 10.3 Å². The molecule has 1 fully saturated rings. The average Bonchev–Trinajstić information content (AvgIpc) is 2.78. The Morgan fingerprint density at radius 1 is 1.15 bits per heavy atom. The Bertz CT molecular complexity index is 1150. The van der Waals surface area contributed by atoms with Gasteiger partial charge in [-0.1, -0.05) is 17.7 Å². The molecule has 0 spiro atoms. The molecular formula is C23H22ClF3N4O2. The molecule has 1 aromatic heterocycles. The molecule has 2 heterocycles. The van der Waals surface area contributed by atoms with Gasteiger partial charge in [0.05, 0.1) is 18.9 Å². The molecule has 1 aromatic carbocycles. The molecule has 3 N–H and O–H groups in total. The van der Waals surface area contributed by atoms with Gasteiger partial charge in [-0.25, -0.2) is 22.9 Å². The Morgan fingerprint density at radius 2 is 1.88 bits per heavy atom. The van der Waals surface area contributed by atoms with Crippen molar-refractivity contribution in [2.75, 3.05) is 7.11 Å². The minimum atomic E-state index is -1.02. The van der Waals surface area contributed by atoms with Crippen LogP contribution < -0.4 is 11.1 Å². The Balaban J connectivity index is 1.90. The van der Waals surface area contributed by atoms with E-state index in [9.17, 15) is 18.0 Å². The summed E-state index contributed by atoms with van der Waals surface area (Å²) in [5, 5.41) is 3.10. The second kappa shape index (κ2) is 9.52. The number of pyridine rings is 1. The fourth-order valence-corrected chi connectivity index (χ4v) is 4.56. The summed E-state index contributed by atoms with van der Waals surface area (Å²) in [6.45, 7) is 0. The molecule has 0 bridgehead atoms. The largest absolute Gasteiger partial charge is 0.466 e. The number of benzene rings is 1. The molecule has 2 aliphatic rings. The molecule has 1 aliphatic heterocycles. The molecule has 174 valence electrons. The SMILES string of the molecule is COC(=O)C1=C([C@H]2CC[C@@H](N)CC2)NC(c2ncc(F)cc2F)=NC1c1ccc(F)cc1Cl. The van der Waals surface area contributed by atoms with Crippen LogP contribution in [0.1, 0.15) is 43.0 Å². The maximum absolute atomic E-state index is 14.6. The lowest BCUT2D eigenvalue weighted by molar-refractivity contribution is -0.136. The van der Waals surface area contributed by atoms with Gasteiger partial charge in [0.25, 0.3) is 0 Å². The zero-order valence-corrected chi connectivity index (χ0v) is 18.5. The van der Waals surface area contributed by atoms with E-state index < -0.39 is 29.5 Å². The van der Waals surface area contributed by atoms with Gasteiger partial charge in [0.15, 0.2) is 11.7 Å². The van der Waals surface area contributed by atoms with Crippen molar-refractivity contribution < 1.29 is 22.7 Å². The number of ether oxygens (including phenoxy) is 1. The van der Waals surface area contributed by atoms with E-state index in [1.165, 1.54) is 19.2 Å². The molecule has 0 amide bonds. The van der Waals surface area contributed by atoms with Gasteiger partial charge in [0.2, 0.25) is 0 Å². The van der Waals surface area contributed by atoms with Gasteiger partial charge < -0.3 is 15.8 Å². The highest BCUT2D eigenvalue weighted by atomic mass is 35.5. The molecule has 10 heteroatoms. The van der Waals surface area contributed by atoms with Crippen LogP contribution in [0.5, 0.6) is 0 Å². The Labute approximate surface area is 193 Å². The molecule has 0 radical (unpaired) electrons. The van der Waals surface area contributed by atoms with E-state index in [2.05, 4.69) is 15.3 Å². The number of halogens is 4. The van der Waals surface area contributed by atoms with Crippen LogP contribution in [0.4, 0.5) is 13.2 Å². The van der Waals surface area contributed by atoms with Gasteiger partial charge in [-0.05, 0) is 43.7 Å². The van der Waals surface area contributed by atoms with Gasteiger partial charge in [-0.15, -0.1) is 0 Å². The number of nitrogens with zero attached hydrogens (tertiary/aromatic N) is 2. The van der Waals surface area contributed by atoms with Gasteiger partial charge >= 0.3 is 5.97 Å². The Hall–Kier alpha value is -2.91. The molecule has 4 rings (SSSR count). The molecule has 1 unspecified atom stereocenters. The van der Waals surface area contributed by atoms with E-state index in [0.29, 0.717) is 30.2 Å². The van der Waals surface area contributed by atoms with Crippen molar-refractivity contribution in [1.29, 1.82) is 0 Å². The van der Waals surface area contributed by atoms with Crippen LogP contribution in [-0.2, 0) is 9.53 Å². The average molecular weight is 479 g/mol. The van der Waals surface area contributed by atoms with Crippen LogP contribution >= 0.6 is 11.6 Å². The zero-order valence-electron chi connectivity index (χ0n) is 17.7. The lowest BCUT2D eigenvalue weighted by Gasteiger charge is -2.34. The standard InChI is InChI=1S/C23H22ClF3N4O2/c1-33-23(32)18-19(11-2-5-14(28)6-3-11)30-22(21-17(27)9-13(26)10-29-21)31-20(18)15-7-4-12(25)8-16(15)24/h4,7-11,14,20H,2-3,5-6,28H2,1H3,(H,30,31)/t11-,14+,20?. The van der Waals surface area contributed by atoms with E-state index in [-0.39, 0.29) is 34.1 Å². The summed E-state index contributed by atoms with van der Waals surface area (Å²) in [6, 6.07) is 3.46. The Kier molecular flexibility index (Phi) is 6.71. The number of rotatable bonds is 4. The summed E-state index contributed by atoms with van der Waals surface area (Å²) in [6.07, 6.45) is 3.71. The molecule has 2 aromatic rings. The fourth-order valence-electron chi connectivity index (χ4n) is 4.29. The van der Waals surface area contributed by atoms with E-state index in [4.69, 9.17) is 22.1 Å². The quantitative estimate of drug-likeness (QED) is 0.643. The van der Waals surface area contributed by atoms with E-state index in [0.717, 1.165) is 25.1 Å². The van der Waals surface area contributed by atoms with E-state index in [1.807, 2.05) is 0 Å². The van der Waals surface area contributed by atoms with E-state index >= 15 is 0 Å². The number of amidine groups is 1. The molecule has 33 heavy (non-hydrogen) atoms. The number of aliphatic imine (C=N–C) groups is 1. The molecule has 6 nitrogen and oxygen atoms in total. The van der Waals surface area contributed by atoms with Gasteiger partial charge in [0, 0.05) is 28.4 Å². The second-order valence-corrected chi connectivity index (χ2v) is 8.49. The number of carbonyl (C=O) groups excluding carboxylic acids is 1. The number of hydrogen-bond acceptors (Lipinski definition) is 6. The summed E-state index contributed by atoms with van der Waals surface area (Å²) < 4.78 is 46.9. The number of nitrogens with one attached hydrogen (secondary N) is 1. The molecule has 1 aliphatic carbocycles. The minimum absolute atomic E-state index is 0.00965. The number of allylic oxidation sites excluding steroid dienone is 1. The topological polar surface area (TPSA) is 89.6 Å². The Morgan fingerprint density at radius 3 is 2.52 bits per heavy atom. The third-order valence-electron chi connectivity index (χ3n) is 5.95. The summed E-state index contributed by atoms with van der Waals surface area (Å²) in [5.41, 5.74) is 6.86. The first-order chi connectivity index (χ1) is 15.8. The maximum Gasteiger partial charge on any atom is 0.338 e. The molecule has 1 atom stereocenters. The summed E-state index contributed by atoms with van der Waals surface area (Å²) >= 11 is 6.31. The smallest absolute Gasteiger partial charge is 0.338 e. The summed E-state index contributed by atoms with van der Waals surface area (Å²) in [4.78, 5) is 21.3. The van der Waals surface area contributed by atoms with Crippen molar-refractivity contribution in [3.63, 3.8) is 0 Å². The number of aromatic nitrogens is 1. The van der Waals surface area contributed by atoms with E-state index in [1.54, 1.807) is 0 Å².